The Balaban J connectivity index is 2.40. The van der Waals surface area contributed by atoms with Gasteiger partial charge in [-0.1, -0.05) is 15.9 Å². The second-order valence-electron chi connectivity index (χ2n) is 7.71. The van der Waals surface area contributed by atoms with E-state index in [1.807, 2.05) is 19.2 Å². The number of aromatic nitrogens is 2. The van der Waals surface area contributed by atoms with Crippen molar-refractivity contribution in [2.24, 2.45) is 5.73 Å². The SMILES string of the molecule is CCn1c(-c2cccnc2[C@H](C)OC)c(CC(C)(C)N)c2cc(Br)ccc21. The van der Waals surface area contributed by atoms with Gasteiger partial charge >= 0.3 is 0 Å². The van der Waals surface area contributed by atoms with E-state index < -0.39 is 0 Å². The Hall–Kier alpha value is -1.69. The van der Waals surface area contributed by atoms with E-state index in [9.17, 15) is 0 Å². The lowest BCUT2D eigenvalue weighted by Gasteiger charge is -2.21. The highest BCUT2D eigenvalue weighted by molar-refractivity contribution is 9.10. The molecule has 0 unspecified atom stereocenters. The minimum Gasteiger partial charge on any atom is -0.375 e. The molecule has 0 amide bonds. The van der Waals surface area contributed by atoms with Gasteiger partial charge < -0.3 is 15.0 Å². The molecular formula is C22H28BrN3O. The molecular weight excluding hydrogens is 402 g/mol. The zero-order valence-corrected chi connectivity index (χ0v) is 18.3. The third kappa shape index (κ3) is 3.96. The van der Waals surface area contributed by atoms with Crippen LogP contribution in [0.1, 0.15) is 45.1 Å². The number of hydrogen-bond acceptors (Lipinski definition) is 3. The van der Waals surface area contributed by atoms with Gasteiger partial charge in [0.05, 0.1) is 17.5 Å². The average Bonchev–Trinajstić information content (AvgIpc) is 2.92. The van der Waals surface area contributed by atoms with Crippen LogP contribution in [-0.2, 0) is 17.7 Å². The fourth-order valence-corrected chi connectivity index (χ4v) is 4.08. The van der Waals surface area contributed by atoms with Crippen LogP contribution < -0.4 is 5.73 Å². The summed E-state index contributed by atoms with van der Waals surface area (Å²) in [5, 5.41) is 1.24. The molecule has 0 bridgehead atoms. The molecule has 3 aromatic rings. The van der Waals surface area contributed by atoms with Crippen molar-refractivity contribution < 1.29 is 4.74 Å². The Morgan fingerprint density at radius 1 is 1.30 bits per heavy atom. The van der Waals surface area contributed by atoms with E-state index in [1.54, 1.807) is 7.11 Å². The Morgan fingerprint density at radius 3 is 2.67 bits per heavy atom. The van der Waals surface area contributed by atoms with Crippen LogP contribution in [-0.4, -0.2) is 22.2 Å². The first kappa shape index (κ1) is 20.1. The Labute approximate surface area is 169 Å². The summed E-state index contributed by atoms with van der Waals surface area (Å²) in [7, 11) is 1.72. The molecule has 0 aliphatic rings. The van der Waals surface area contributed by atoms with E-state index in [1.165, 1.54) is 22.2 Å². The molecule has 1 aromatic carbocycles. The number of methoxy groups -OCH3 is 1. The topological polar surface area (TPSA) is 53.1 Å². The van der Waals surface area contributed by atoms with Gasteiger partial charge in [0, 0.05) is 46.3 Å². The lowest BCUT2D eigenvalue weighted by Crippen LogP contribution is -2.34. The van der Waals surface area contributed by atoms with E-state index in [4.69, 9.17) is 10.5 Å². The van der Waals surface area contributed by atoms with Crippen molar-refractivity contribution in [1.29, 1.82) is 0 Å². The van der Waals surface area contributed by atoms with Crippen LogP contribution in [0.25, 0.3) is 22.2 Å². The molecule has 2 aromatic heterocycles. The number of hydrogen-bond donors (Lipinski definition) is 1. The maximum atomic E-state index is 6.46. The molecule has 5 heteroatoms. The van der Waals surface area contributed by atoms with E-state index in [0.29, 0.717) is 0 Å². The Kier molecular flexibility index (Phi) is 5.75. The third-order valence-corrected chi connectivity index (χ3v) is 5.40. The summed E-state index contributed by atoms with van der Waals surface area (Å²) in [6.45, 7) is 9.23. The van der Waals surface area contributed by atoms with Gasteiger partial charge in [-0.05, 0) is 70.0 Å². The molecule has 27 heavy (non-hydrogen) atoms. The number of ether oxygens (including phenoxy) is 1. The van der Waals surface area contributed by atoms with Gasteiger partial charge in [0.2, 0.25) is 0 Å². The highest BCUT2D eigenvalue weighted by Gasteiger charge is 2.25. The van der Waals surface area contributed by atoms with Crippen LogP contribution in [0.5, 0.6) is 0 Å². The lowest BCUT2D eigenvalue weighted by molar-refractivity contribution is 0.116. The van der Waals surface area contributed by atoms with Crippen molar-refractivity contribution in [3.63, 3.8) is 0 Å². The van der Waals surface area contributed by atoms with Crippen molar-refractivity contribution in [1.82, 2.24) is 9.55 Å². The van der Waals surface area contributed by atoms with Crippen molar-refractivity contribution in [3.05, 3.63) is 52.3 Å². The van der Waals surface area contributed by atoms with E-state index >= 15 is 0 Å². The molecule has 2 N–H and O–H groups in total. The minimum atomic E-state index is -0.320. The smallest absolute Gasteiger partial charge is 0.0969 e. The van der Waals surface area contributed by atoms with Gasteiger partial charge in [-0.25, -0.2) is 0 Å². The monoisotopic (exact) mass is 429 g/mol. The highest BCUT2D eigenvalue weighted by Crippen LogP contribution is 2.39. The molecule has 0 aliphatic heterocycles. The molecule has 3 rings (SSSR count). The van der Waals surface area contributed by atoms with Gasteiger partial charge in [-0.2, -0.15) is 0 Å². The van der Waals surface area contributed by atoms with Crippen LogP contribution in [0, 0.1) is 0 Å². The van der Waals surface area contributed by atoms with Crippen molar-refractivity contribution in [3.8, 4) is 11.3 Å². The van der Waals surface area contributed by atoms with E-state index in [0.717, 1.165) is 28.7 Å². The number of benzene rings is 1. The number of rotatable bonds is 6. The Morgan fingerprint density at radius 2 is 2.04 bits per heavy atom. The molecule has 0 saturated heterocycles. The number of fused-ring (bicyclic) bond motifs is 1. The number of aryl methyl sites for hydroxylation is 1. The largest absolute Gasteiger partial charge is 0.375 e. The number of nitrogens with zero attached hydrogens (tertiary/aromatic N) is 2. The fraction of sp³-hybridized carbons (Fsp3) is 0.409. The Bertz CT molecular complexity index is 956. The second kappa shape index (κ2) is 7.74. The summed E-state index contributed by atoms with van der Waals surface area (Å²) in [4.78, 5) is 4.65. The van der Waals surface area contributed by atoms with Crippen molar-refractivity contribution in [2.75, 3.05) is 7.11 Å². The first-order valence-corrected chi connectivity index (χ1v) is 10.1. The number of nitrogens with two attached hydrogens (primary N) is 1. The van der Waals surface area contributed by atoms with Crippen LogP contribution in [0.2, 0.25) is 0 Å². The quantitative estimate of drug-likeness (QED) is 0.564. The first-order valence-electron chi connectivity index (χ1n) is 9.34. The molecule has 2 heterocycles. The maximum absolute atomic E-state index is 6.46. The summed E-state index contributed by atoms with van der Waals surface area (Å²) >= 11 is 3.63. The van der Waals surface area contributed by atoms with Crippen LogP contribution >= 0.6 is 15.9 Å². The van der Waals surface area contributed by atoms with Crippen molar-refractivity contribution >= 4 is 26.8 Å². The summed E-state index contributed by atoms with van der Waals surface area (Å²) in [6, 6.07) is 10.6. The third-order valence-electron chi connectivity index (χ3n) is 4.91. The molecule has 0 fully saturated rings. The van der Waals surface area contributed by atoms with Gasteiger partial charge in [-0.15, -0.1) is 0 Å². The molecule has 1 atom stereocenters. The normalized spacial score (nSPS) is 13.3. The fourth-order valence-electron chi connectivity index (χ4n) is 3.72. The number of halogens is 1. The van der Waals surface area contributed by atoms with Crippen molar-refractivity contribution in [2.45, 2.75) is 52.3 Å². The summed E-state index contributed by atoms with van der Waals surface area (Å²) in [5.74, 6) is 0. The lowest BCUT2D eigenvalue weighted by atomic mass is 9.91. The summed E-state index contributed by atoms with van der Waals surface area (Å²) in [6.07, 6.45) is 2.52. The highest BCUT2D eigenvalue weighted by atomic mass is 79.9. The molecule has 0 spiro atoms. The molecule has 0 saturated carbocycles. The maximum Gasteiger partial charge on any atom is 0.0969 e. The minimum absolute atomic E-state index is 0.0880. The van der Waals surface area contributed by atoms with Crippen LogP contribution in [0.3, 0.4) is 0 Å². The molecule has 144 valence electrons. The molecule has 4 nitrogen and oxygen atoms in total. The van der Waals surface area contributed by atoms with Crippen LogP contribution in [0.4, 0.5) is 0 Å². The van der Waals surface area contributed by atoms with E-state index in [2.05, 4.69) is 70.5 Å². The first-order chi connectivity index (χ1) is 12.8. The zero-order chi connectivity index (χ0) is 19.8. The van der Waals surface area contributed by atoms with Gasteiger partial charge in [-0.3, -0.25) is 4.98 Å². The van der Waals surface area contributed by atoms with Crippen LogP contribution in [0.15, 0.2) is 41.0 Å². The standard InChI is InChI=1S/C22H28BrN3O/c1-6-26-19-10-9-15(23)12-17(19)18(13-22(3,4)24)21(26)16-8-7-11-25-20(16)14(2)27-5/h7-12,14H,6,13,24H2,1-5H3/t14-/m0/s1. The predicted octanol–water partition coefficient (Wildman–Crippen LogP) is 5.47. The van der Waals surface area contributed by atoms with Gasteiger partial charge in [0.15, 0.2) is 0 Å². The summed E-state index contributed by atoms with van der Waals surface area (Å²) in [5.41, 5.74) is 11.9. The molecule has 0 aliphatic carbocycles. The van der Waals surface area contributed by atoms with Gasteiger partial charge in [0.1, 0.15) is 0 Å². The van der Waals surface area contributed by atoms with E-state index in [-0.39, 0.29) is 11.6 Å². The summed E-state index contributed by atoms with van der Waals surface area (Å²) < 4.78 is 9.04. The average molecular weight is 430 g/mol. The predicted molar refractivity (Wildman–Crippen MR) is 116 cm³/mol. The number of pyridine rings is 1. The second-order valence-corrected chi connectivity index (χ2v) is 8.63. The molecule has 0 radical (unpaired) electrons. The zero-order valence-electron chi connectivity index (χ0n) is 16.7. The van der Waals surface area contributed by atoms with Gasteiger partial charge in [0.25, 0.3) is 0 Å².